The Bertz CT molecular complexity index is 1130. The fourth-order valence-electron chi connectivity index (χ4n) is 5.11. The van der Waals surface area contributed by atoms with Crippen molar-refractivity contribution < 1.29 is 13.9 Å². The van der Waals surface area contributed by atoms with Crippen molar-refractivity contribution in [1.29, 1.82) is 0 Å². The third-order valence-corrected chi connectivity index (χ3v) is 6.58. The molecule has 154 valence electrons. The van der Waals surface area contributed by atoms with Crippen molar-refractivity contribution in [2.24, 2.45) is 0 Å². The Balaban J connectivity index is 1.23. The second-order valence-corrected chi connectivity index (χ2v) is 8.19. The summed E-state index contributed by atoms with van der Waals surface area (Å²) in [5.41, 5.74) is 0.779. The number of ether oxygens (including phenoxy) is 1. The Kier molecular flexibility index (Phi) is 3.83. The molecule has 0 saturated carbocycles. The number of benzene rings is 1. The quantitative estimate of drug-likeness (QED) is 0.648. The molecular weight excluding hydrogens is 387 g/mol. The highest BCUT2D eigenvalue weighted by Gasteiger charge is 2.58. The minimum Gasteiger partial charge on any atom is -0.342 e. The average molecular weight is 408 g/mol. The minimum absolute atomic E-state index is 0.0332. The molecule has 8 nitrogen and oxygen atoms in total. The Labute approximate surface area is 172 Å². The number of carbonyl (C=O) groups is 1. The first-order valence-corrected chi connectivity index (χ1v) is 10.3. The average Bonchev–Trinajstić information content (AvgIpc) is 3.45. The van der Waals surface area contributed by atoms with Gasteiger partial charge in [0, 0.05) is 32.0 Å². The summed E-state index contributed by atoms with van der Waals surface area (Å²) in [6.07, 6.45) is 5.74. The third-order valence-electron chi connectivity index (χ3n) is 6.58. The molecule has 3 fully saturated rings. The van der Waals surface area contributed by atoms with Crippen LogP contribution in [0.15, 0.2) is 42.9 Å². The van der Waals surface area contributed by atoms with E-state index in [2.05, 4.69) is 20.0 Å². The SMILES string of the molecule is O=C1N2[C@@H](CC[C@H]2c2cccc(F)c2)OC12CCN(c1ncnc3ccnn13)CC2. The fourth-order valence-corrected chi connectivity index (χ4v) is 5.11. The van der Waals surface area contributed by atoms with Crippen molar-refractivity contribution >= 4 is 17.5 Å². The van der Waals surface area contributed by atoms with Gasteiger partial charge in [-0.15, -0.1) is 0 Å². The van der Waals surface area contributed by atoms with E-state index in [1.165, 1.54) is 18.5 Å². The van der Waals surface area contributed by atoms with Crippen LogP contribution in [0.1, 0.15) is 37.3 Å². The van der Waals surface area contributed by atoms with Gasteiger partial charge in [-0.3, -0.25) is 4.79 Å². The lowest BCUT2D eigenvalue weighted by atomic mass is 9.89. The van der Waals surface area contributed by atoms with Gasteiger partial charge in [0.05, 0.1) is 12.2 Å². The molecule has 0 unspecified atom stereocenters. The van der Waals surface area contributed by atoms with Gasteiger partial charge in [0.1, 0.15) is 18.4 Å². The lowest BCUT2D eigenvalue weighted by molar-refractivity contribution is -0.140. The molecule has 3 aliphatic heterocycles. The van der Waals surface area contributed by atoms with E-state index >= 15 is 0 Å². The highest BCUT2D eigenvalue weighted by molar-refractivity contribution is 5.88. The summed E-state index contributed by atoms with van der Waals surface area (Å²) in [5, 5.41) is 4.31. The number of carbonyl (C=O) groups excluding carboxylic acids is 1. The molecule has 3 aromatic rings. The first-order valence-electron chi connectivity index (χ1n) is 10.3. The molecular formula is C21H21FN6O2. The van der Waals surface area contributed by atoms with Crippen LogP contribution in [-0.4, -0.2) is 55.3 Å². The van der Waals surface area contributed by atoms with E-state index in [0.717, 1.165) is 30.0 Å². The standard InChI is InChI=1S/C21H21FN6O2/c22-15-3-1-2-14(12-15)16-4-5-18-27(16)19(29)21(30-18)7-10-26(11-8-21)20-24-13-23-17-6-9-25-28(17)20/h1-3,6,9,12-13,16,18H,4-5,7-8,10-11H2/t16-,18+/m0/s1. The summed E-state index contributed by atoms with van der Waals surface area (Å²) < 4.78 is 21.8. The number of piperidine rings is 1. The number of rotatable bonds is 2. The van der Waals surface area contributed by atoms with E-state index < -0.39 is 5.60 Å². The van der Waals surface area contributed by atoms with Gasteiger partial charge in [-0.1, -0.05) is 12.1 Å². The van der Waals surface area contributed by atoms with E-state index in [0.29, 0.717) is 25.9 Å². The van der Waals surface area contributed by atoms with Crippen molar-refractivity contribution in [2.45, 2.75) is 43.6 Å². The number of nitrogens with zero attached hydrogens (tertiary/aromatic N) is 6. The number of halogens is 1. The molecule has 1 spiro atoms. The molecule has 0 radical (unpaired) electrons. The van der Waals surface area contributed by atoms with Gasteiger partial charge in [-0.05, 0) is 30.5 Å². The van der Waals surface area contributed by atoms with Crippen molar-refractivity contribution in [2.75, 3.05) is 18.0 Å². The Hall–Kier alpha value is -3.07. The lowest BCUT2D eigenvalue weighted by Gasteiger charge is -2.37. The summed E-state index contributed by atoms with van der Waals surface area (Å²) in [7, 11) is 0. The third kappa shape index (κ3) is 2.54. The molecule has 2 atom stereocenters. The van der Waals surface area contributed by atoms with Gasteiger partial charge < -0.3 is 14.5 Å². The molecule has 30 heavy (non-hydrogen) atoms. The zero-order valence-electron chi connectivity index (χ0n) is 16.3. The monoisotopic (exact) mass is 408 g/mol. The van der Waals surface area contributed by atoms with Gasteiger partial charge in [-0.25, -0.2) is 14.4 Å². The second-order valence-electron chi connectivity index (χ2n) is 8.19. The minimum atomic E-state index is -0.802. The second kappa shape index (κ2) is 6.46. The van der Waals surface area contributed by atoms with Crippen LogP contribution in [0.4, 0.5) is 10.3 Å². The molecule has 1 amide bonds. The molecule has 9 heteroatoms. The van der Waals surface area contributed by atoms with Crippen molar-refractivity contribution in [3.05, 3.63) is 54.2 Å². The van der Waals surface area contributed by atoms with Crippen LogP contribution in [0.2, 0.25) is 0 Å². The van der Waals surface area contributed by atoms with Gasteiger partial charge >= 0.3 is 0 Å². The Morgan fingerprint density at radius 1 is 1.13 bits per heavy atom. The number of anilines is 1. The summed E-state index contributed by atoms with van der Waals surface area (Å²) in [5.74, 6) is 0.482. The molecule has 0 bridgehead atoms. The van der Waals surface area contributed by atoms with Crippen LogP contribution < -0.4 is 4.90 Å². The zero-order valence-corrected chi connectivity index (χ0v) is 16.3. The first-order chi connectivity index (χ1) is 14.6. The van der Waals surface area contributed by atoms with Gasteiger partial charge in [0.2, 0.25) is 5.95 Å². The van der Waals surface area contributed by atoms with E-state index in [4.69, 9.17) is 4.74 Å². The molecule has 6 rings (SSSR count). The maximum Gasteiger partial charge on any atom is 0.257 e. The van der Waals surface area contributed by atoms with Crippen molar-refractivity contribution in [3.8, 4) is 0 Å². The van der Waals surface area contributed by atoms with Crippen LogP contribution in [0.25, 0.3) is 5.65 Å². The van der Waals surface area contributed by atoms with Gasteiger partial charge in [0.15, 0.2) is 11.2 Å². The van der Waals surface area contributed by atoms with Crippen LogP contribution >= 0.6 is 0 Å². The molecule has 2 aromatic heterocycles. The van der Waals surface area contributed by atoms with Gasteiger partial charge in [0.25, 0.3) is 5.91 Å². The van der Waals surface area contributed by atoms with Crippen LogP contribution in [-0.2, 0) is 9.53 Å². The first kappa shape index (κ1) is 17.8. The highest BCUT2D eigenvalue weighted by atomic mass is 19.1. The fraction of sp³-hybridized carbons (Fsp3) is 0.429. The lowest BCUT2D eigenvalue weighted by Crippen LogP contribution is -2.51. The van der Waals surface area contributed by atoms with Crippen LogP contribution in [0.3, 0.4) is 0 Å². The summed E-state index contributed by atoms with van der Waals surface area (Å²) in [4.78, 5) is 26.1. The smallest absolute Gasteiger partial charge is 0.257 e. The number of hydrogen-bond donors (Lipinski definition) is 0. The van der Waals surface area contributed by atoms with E-state index in [1.807, 2.05) is 17.0 Å². The summed E-state index contributed by atoms with van der Waals surface area (Å²) in [6.45, 7) is 1.28. The van der Waals surface area contributed by atoms with E-state index in [1.54, 1.807) is 16.8 Å². The van der Waals surface area contributed by atoms with E-state index in [-0.39, 0.29) is 24.0 Å². The molecule has 3 aliphatic rings. The van der Waals surface area contributed by atoms with Gasteiger partial charge in [-0.2, -0.15) is 9.61 Å². The number of fused-ring (bicyclic) bond motifs is 2. The normalized spacial score (nSPS) is 25.4. The largest absolute Gasteiger partial charge is 0.342 e. The predicted molar refractivity (Wildman–Crippen MR) is 105 cm³/mol. The Morgan fingerprint density at radius 3 is 2.83 bits per heavy atom. The predicted octanol–water partition coefficient (Wildman–Crippen LogP) is 2.32. The number of hydrogen-bond acceptors (Lipinski definition) is 6. The maximum absolute atomic E-state index is 13.7. The van der Waals surface area contributed by atoms with Crippen LogP contribution in [0, 0.1) is 5.82 Å². The Morgan fingerprint density at radius 2 is 2.00 bits per heavy atom. The van der Waals surface area contributed by atoms with E-state index in [9.17, 15) is 9.18 Å². The molecule has 1 aromatic carbocycles. The molecule has 5 heterocycles. The molecule has 0 N–H and O–H groups in total. The summed E-state index contributed by atoms with van der Waals surface area (Å²) >= 11 is 0. The maximum atomic E-state index is 13.7. The number of amides is 1. The van der Waals surface area contributed by atoms with Crippen molar-refractivity contribution in [3.63, 3.8) is 0 Å². The topological polar surface area (TPSA) is 75.9 Å². The molecule has 0 aliphatic carbocycles. The van der Waals surface area contributed by atoms with Crippen molar-refractivity contribution in [1.82, 2.24) is 24.5 Å². The summed E-state index contributed by atoms with van der Waals surface area (Å²) in [6, 6.07) is 8.26. The van der Waals surface area contributed by atoms with Crippen LogP contribution in [0.5, 0.6) is 0 Å². The zero-order chi connectivity index (χ0) is 20.3. The molecule has 3 saturated heterocycles. The number of aromatic nitrogens is 4. The highest BCUT2D eigenvalue weighted by Crippen LogP contribution is 2.47.